The van der Waals surface area contributed by atoms with Crippen LogP contribution in [0.4, 0.5) is 0 Å². The minimum atomic E-state index is -0.698. The Bertz CT molecular complexity index is 1100. The number of hydrogen-bond donors (Lipinski definition) is 1. The number of carbonyl (C=O) groups is 4. The molecule has 0 fully saturated rings. The van der Waals surface area contributed by atoms with Gasteiger partial charge in [-0.1, -0.05) is 48.3 Å². The van der Waals surface area contributed by atoms with Crippen LogP contribution in [0.3, 0.4) is 0 Å². The van der Waals surface area contributed by atoms with Crippen molar-refractivity contribution in [3.8, 4) is 0 Å². The van der Waals surface area contributed by atoms with E-state index in [0.29, 0.717) is 33.2 Å². The Hall–Kier alpha value is -2.90. The topological polar surface area (TPSA) is 86.8 Å². The molecular formula is C26H29Cl2N3O4. The Morgan fingerprint density at radius 3 is 2.20 bits per heavy atom. The molecule has 0 radical (unpaired) electrons. The molecule has 3 rings (SSSR count). The Morgan fingerprint density at radius 2 is 1.66 bits per heavy atom. The third-order valence-corrected chi connectivity index (χ3v) is 6.41. The van der Waals surface area contributed by atoms with Crippen molar-refractivity contribution in [1.29, 1.82) is 0 Å². The molecule has 2 aromatic rings. The van der Waals surface area contributed by atoms with Gasteiger partial charge >= 0.3 is 0 Å². The molecule has 1 N–H and O–H groups in total. The smallest absolute Gasteiger partial charge is 0.261 e. The van der Waals surface area contributed by atoms with Crippen molar-refractivity contribution in [2.45, 2.75) is 58.7 Å². The summed E-state index contributed by atoms with van der Waals surface area (Å²) in [7, 11) is 0. The Balaban J connectivity index is 1.74. The summed E-state index contributed by atoms with van der Waals surface area (Å²) < 4.78 is 0. The SMILES string of the molecule is CC[C@H](C(=O)NC(C)C)N(Cc1ccc(Cl)cc1Cl)C(=O)CCCN1C(=O)c2ccccc2C1=O. The molecule has 0 aliphatic carbocycles. The van der Waals surface area contributed by atoms with E-state index < -0.39 is 6.04 Å². The van der Waals surface area contributed by atoms with Gasteiger partial charge in [-0.2, -0.15) is 0 Å². The fourth-order valence-electron chi connectivity index (χ4n) is 4.11. The largest absolute Gasteiger partial charge is 0.352 e. The van der Waals surface area contributed by atoms with Crippen molar-refractivity contribution in [2.75, 3.05) is 6.54 Å². The van der Waals surface area contributed by atoms with Crippen molar-refractivity contribution in [2.24, 2.45) is 0 Å². The molecule has 0 saturated carbocycles. The summed E-state index contributed by atoms with van der Waals surface area (Å²) in [6.07, 6.45) is 0.745. The van der Waals surface area contributed by atoms with Crippen LogP contribution in [0.1, 0.15) is 66.3 Å². The first kappa shape index (κ1) is 26.7. The standard InChI is InChI=1S/C26H29Cl2N3O4/c1-4-22(24(33)29-16(2)3)31(15-17-11-12-18(27)14-21(17)28)23(32)10-7-13-30-25(34)19-8-5-6-9-20(19)26(30)35/h5-6,8-9,11-12,14,16,22H,4,7,10,13,15H2,1-3H3,(H,29,33)/t22-/m1/s1. The van der Waals surface area contributed by atoms with Crippen LogP contribution in [-0.4, -0.2) is 52.1 Å². The first-order valence-corrected chi connectivity index (χ1v) is 12.4. The van der Waals surface area contributed by atoms with Gasteiger partial charge in [-0.15, -0.1) is 0 Å². The van der Waals surface area contributed by atoms with Crippen LogP contribution in [0, 0.1) is 0 Å². The van der Waals surface area contributed by atoms with Crippen LogP contribution in [0.2, 0.25) is 10.0 Å². The lowest BCUT2D eigenvalue weighted by atomic mass is 10.1. The number of nitrogens with zero attached hydrogens (tertiary/aromatic N) is 2. The van der Waals surface area contributed by atoms with Gasteiger partial charge in [0.2, 0.25) is 11.8 Å². The van der Waals surface area contributed by atoms with Gasteiger partial charge in [0.25, 0.3) is 11.8 Å². The molecule has 9 heteroatoms. The van der Waals surface area contributed by atoms with Crippen LogP contribution in [0.25, 0.3) is 0 Å². The van der Waals surface area contributed by atoms with Crippen molar-refractivity contribution in [3.05, 3.63) is 69.2 Å². The highest BCUT2D eigenvalue weighted by Crippen LogP contribution is 2.25. The molecule has 7 nitrogen and oxygen atoms in total. The lowest BCUT2D eigenvalue weighted by Crippen LogP contribution is -2.50. The number of hydrogen-bond acceptors (Lipinski definition) is 4. The Morgan fingerprint density at radius 1 is 1.03 bits per heavy atom. The molecule has 4 amide bonds. The van der Waals surface area contributed by atoms with Gasteiger partial charge in [0.15, 0.2) is 0 Å². The lowest BCUT2D eigenvalue weighted by molar-refractivity contribution is -0.141. The third kappa shape index (κ3) is 6.21. The molecule has 0 unspecified atom stereocenters. The highest BCUT2D eigenvalue weighted by Gasteiger charge is 2.35. The molecule has 1 atom stereocenters. The first-order valence-electron chi connectivity index (χ1n) is 11.6. The fraction of sp³-hybridized carbons (Fsp3) is 0.385. The summed E-state index contributed by atoms with van der Waals surface area (Å²) in [5.41, 5.74) is 1.42. The van der Waals surface area contributed by atoms with Gasteiger partial charge in [-0.3, -0.25) is 24.1 Å². The van der Waals surface area contributed by atoms with Gasteiger partial charge < -0.3 is 10.2 Å². The van der Waals surface area contributed by atoms with Crippen LogP contribution in [0.15, 0.2) is 42.5 Å². The second-order valence-corrected chi connectivity index (χ2v) is 9.60. The summed E-state index contributed by atoms with van der Waals surface area (Å²) in [6, 6.07) is 10.9. The molecule has 0 spiro atoms. The number of rotatable bonds is 10. The van der Waals surface area contributed by atoms with Gasteiger partial charge in [0.05, 0.1) is 11.1 Å². The number of nitrogens with one attached hydrogen (secondary N) is 1. The maximum atomic E-state index is 13.4. The molecule has 0 aromatic heterocycles. The maximum Gasteiger partial charge on any atom is 0.261 e. The normalized spacial score (nSPS) is 13.7. The second-order valence-electron chi connectivity index (χ2n) is 8.76. The number of imide groups is 1. The molecule has 2 aromatic carbocycles. The lowest BCUT2D eigenvalue weighted by Gasteiger charge is -2.31. The van der Waals surface area contributed by atoms with Crippen molar-refractivity contribution < 1.29 is 19.2 Å². The number of amides is 4. The van der Waals surface area contributed by atoms with Crippen molar-refractivity contribution >= 4 is 46.8 Å². The summed E-state index contributed by atoms with van der Waals surface area (Å²) >= 11 is 12.4. The summed E-state index contributed by atoms with van der Waals surface area (Å²) in [4.78, 5) is 54.1. The van der Waals surface area contributed by atoms with Gasteiger partial charge in [-0.05, 0) is 56.5 Å². The maximum absolute atomic E-state index is 13.4. The highest BCUT2D eigenvalue weighted by molar-refractivity contribution is 6.35. The van der Waals surface area contributed by atoms with Crippen molar-refractivity contribution in [3.63, 3.8) is 0 Å². The number of carbonyl (C=O) groups excluding carboxylic acids is 4. The monoisotopic (exact) mass is 517 g/mol. The van der Waals surface area contributed by atoms with Gasteiger partial charge in [-0.25, -0.2) is 0 Å². The zero-order valence-corrected chi connectivity index (χ0v) is 21.5. The van der Waals surface area contributed by atoms with E-state index in [0.717, 1.165) is 0 Å². The van der Waals surface area contributed by atoms with Crippen LogP contribution >= 0.6 is 23.2 Å². The Labute approximate surface area is 215 Å². The van der Waals surface area contributed by atoms with E-state index in [1.807, 2.05) is 20.8 Å². The number of fused-ring (bicyclic) bond motifs is 1. The summed E-state index contributed by atoms with van der Waals surface area (Å²) in [5.74, 6) is -1.23. The highest BCUT2D eigenvalue weighted by atomic mass is 35.5. The van der Waals surface area contributed by atoms with E-state index in [9.17, 15) is 19.2 Å². The van der Waals surface area contributed by atoms with Crippen LogP contribution in [0.5, 0.6) is 0 Å². The molecule has 1 aliphatic rings. The third-order valence-electron chi connectivity index (χ3n) is 5.82. The molecule has 1 heterocycles. The van der Waals surface area contributed by atoms with E-state index in [1.54, 1.807) is 42.5 Å². The minimum absolute atomic E-state index is 0.0596. The molecule has 186 valence electrons. The molecule has 35 heavy (non-hydrogen) atoms. The average Bonchev–Trinajstić information content (AvgIpc) is 3.04. The van der Waals surface area contributed by atoms with E-state index in [4.69, 9.17) is 23.2 Å². The second kappa shape index (κ2) is 11.7. The first-order chi connectivity index (χ1) is 16.6. The minimum Gasteiger partial charge on any atom is -0.352 e. The predicted octanol–water partition coefficient (Wildman–Crippen LogP) is 4.70. The molecular weight excluding hydrogens is 489 g/mol. The number of benzene rings is 2. The zero-order chi connectivity index (χ0) is 25.7. The molecule has 1 aliphatic heterocycles. The van der Waals surface area contributed by atoms with E-state index >= 15 is 0 Å². The van der Waals surface area contributed by atoms with Crippen molar-refractivity contribution in [1.82, 2.24) is 15.1 Å². The number of halogens is 2. The summed E-state index contributed by atoms with van der Waals surface area (Å²) in [5, 5.41) is 3.75. The van der Waals surface area contributed by atoms with Crippen LogP contribution in [-0.2, 0) is 16.1 Å². The van der Waals surface area contributed by atoms with Crippen LogP contribution < -0.4 is 5.32 Å². The fourth-order valence-corrected chi connectivity index (χ4v) is 4.58. The Kier molecular flexibility index (Phi) is 8.92. The van der Waals surface area contributed by atoms with E-state index in [1.165, 1.54) is 9.80 Å². The molecule has 0 bridgehead atoms. The predicted molar refractivity (Wildman–Crippen MR) is 135 cm³/mol. The zero-order valence-electron chi connectivity index (χ0n) is 20.0. The van der Waals surface area contributed by atoms with E-state index in [2.05, 4.69) is 5.32 Å². The van der Waals surface area contributed by atoms with Gasteiger partial charge in [0, 0.05) is 35.6 Å². The van der Waals surface area contributed by atoms with Gasteiger partial charge in [0.1, 0.15) is 6.04 Å². The molecule has 0 saturated heterocycles. The average molecular weight is 518 g/mol. The quantitative estimate of drug-likeness (QED) is 0.462. The van der Waals surface area contributed by atoms with E-state index in [-0.39, 0.29) is 55.6 Å². The summed E-state index contributed by atoms with van der Waals surface area (Å²) in [6.45, 7) is 5.80.